The molecule has 0 amide bonds. The van der Waals surface area contributed by atoms with E-state index in [1.807, 2.05) is 13.8 Å². The predicted octanol–water partition coefficient (Wildman–Crippen LogP) is 3.66. The van der Waals surface area contributed by atoms with Crippen molar-refractivity contribution in [3.8, 4) is 0 Å². The van der Waals surface area contributed by atoms with E-state index < -0.39 is 9.84 Å². The minimum atomic E-state index is -3.99. The van der Waals surface area contributed by atoms with E-state index in [1.54, 1.807) is 0 Å². The molecule has 0 radical (unpaired) electrons. The SMILES string of the molecule is CC.O=c1cc(C2CCNCC2)n2ncc(S(=O)(=O)c3ccc(Cl)cc3Cl)c2[nH]1. The summed E-state index contributed by atoms with van der Waals surface area (Å²) in [5, 5.41) is 7.87. The van der Waals surface area contributed by atoms with Gasteiger partial charge in [0.2, 0.25) is 9.84 Å². The highest BCUT2D eigenvalue weighted by Gasteiger charge is 2.28. The summed E-state index contributed by atoms with van der Waals surface area (Å²) in [4.78, 5) is 14.6. The van der Waals surface area contributed by atoms with Gasteiger partial charge < -0.3 is 10.3 Å². The van der Waals surface area contributed by atoms with Crippen molar-refractivity contribution in [3.63, 3.8) is 0 Å². The molecular weight excluding hydrogens is 435 g/mol. The van der Waals surface area contributed by atoms with Crippen molar-refractivity contribution in [3.05, 3.63) is 56.6 Å². The standard InChI is InChI=1S/C17H16Cl2N4O3S.C2H6/c18-11-1-2-14(12(19)7-11)27(25,26)15-9-21-23-13(8-16(24)22-17(15)23)10-3-5-20-6-4-10;1-2/h1-2,7-10,20H,3-6H2,(H,22,24);1-2H3. The van der Waals surface area contributed by atoms with Gasteiger partial charge in [-0.15, -0.1) is 0 Å². The van der Waals surface area contributed by atoms with Crippen LogP contribution in [0.3, 0.4) is 0 Å². The average molecular weight is 457 g/mol. The molecule has 156 valence electrons. The van der Waals surface area contributed by atoms with Crippen LogP contribution in [0.15, 0.2) is 45.0 Å². The van der Waals surface area contributed by atoms with Crippen molar-refractivity contribution >= 4 is 38.7 Å². The summed E-state index contributed by atoms with van der Waals surface area (Å²) < 4.78 is 27.8. The smallest absolute Gasteiger partial charge is 0.251 e. The first kappa shape index (κ1) is 21.8. The summed E-state index contributed by atoms with van der Waals surface area (Å²) in [5.74, 6) is 0.130. The maximum absolute atomic E-state index is 13.1. The second-order valence-corrected chi connectivity index (χ2v) is 9.16. The molecule has 2 N–H and O–H groups in total. The fourth-order valence-electron chi connectivity index (χ4n) is 3.41. The molecule has 4 rings (SSSR count). The third kappa shape index (κ3) is 4.21. The van der Waals surface area contributed by atoms with Crippen LogP contribution in [-0.4, -0.2) is 36.1 Å². The highest BCUT2D eigenvalue weighted by atomic mass is 35.5. The molecule has 0 aliphatic carbocycles. The highest BCUT2D eigenvalue weighted by Crippen LogP contribution is 2.32. The Morgan fingerprint density at radius 1 is 1.10 bits per heavy atom. The topological polar surface area (TPSA) is 96.3 Å². The normalized spacial score (nSPS) is 15.2. The van der Waals surface area contributed by atoms with Gasteiger partial charge in [0.25, 0.3) is 5.56 Å². The third-order valence-electron chi connectivity index (χ3n) is 4.73. The molecule has 1 aliphatic rings. The number of rotatable bonds is 3. The maximum atomic E-state index is 13.1. The number of H-pyrrole nitrogens is 1. The zero-order valence-electron chi connectivity index (χ0n) is 16.1. The summed E-state index contributed by atoms with van der Waals surface area (Å²) in [7, 11) is -3.99. The van der Waals surface area contributed by atoms with Crippen LogP contribution < -0.4 is 10.9 Å². The highest BCUT2D eigenvalue weighted by molar-refractivity contribution is 7.91. The van der Waals surface area contributed by atoms with Gasteiger partial charge in [0.1, 0.15) is 4.90 Å². The van der Waals surface area contributed by atoms with Gasteiger partial charge >= 0.3 is 0 Å². The van der Waals surface area contributed by atoms with Crippen LogP contribution in [0, 0.1) is 0 Å². The van der Waals surface area contributed by atoms with Crippen molar-refractivity contribution in [2.75, 3.05) is 13.1 Å². The van der Waals surface area contributed by atoms with Crippen LogP contribution in [-0.2, 0) is 9.84 Å². The van der Waals surface area contributed by atoms with Gasteiger partial charge in [-0.05, 0) is 44.1 Å². The van der Waals surface area contributed by atoms with Crippen molar-refractivity contribution in [2.45, 2.75) is 42.4 Å². The van der Waals surface area contributed by atoms with E-state index in [-0.39, 0.29) is 31.9 Å². The Hall–Kier alpha value is -1.87. The first-order chi connectivity index (χ1) is 13.9. The molecule has 0 saturated carbocycles. The summed E-state index contributed by atoms with van der Waals surface area (Å²) in [5.41, 5.74) is 0.483. The maximum Gasteiger partial charge on any atom is 0.251 e. The van der Waals surface area contributed by atoms with E-state index in [0.717, 1.165) is 25.9 Å². The molecule has 2 aromatic heterocycles. The predicted molar refractivity (Wildman–Crippen MR) is 114 cm³/mol. The molecule has 3 aromatic rings. The van der Waals surface area contributed by atoms with Crippen LogP contribution in [0.4, 0.5) is 0 Å². The zero-order chi connectivity index (χ0) is 21.2. The Labute approximate surface area is 179 Å². The van der Waals surface area contributed by atoms with E-state index >= 15 is 0 Å². The van der Waals surface area contributed by atoms with Crippen LogP contribution in [0.25, 0.3) is 5.65 Å². The Morgan fingerprint density at radius 3 is 2.45 bits per heavy atom. The fraction of sp³-hybridized carbons (Fsp3) is 0.368. The van der Waals surface area contributed by atoms with Crippen molar-refractivity contribution in [1.29, 1.82) is 0 Å². The van der Waals surface area contributed by atoms with Crippen molar-refractivity contribution < 1.29 is 8.42 Å². The van der Waals surface area contributed by atoms with E-state index in [1.165, 1.54) is 35.0 Å². The molecule has 0 unspecified atom stereocenters. The van der Waals surface area contributed by atoms with Gasteiger partial charge in [-0.1, -0.05) is 37.0 Å². The molecular formula is C19H22Cl2N4O3S. The number of aromatic nitrogens is 3. The van der Waals surface area contributed by atoms with Gasteiger partial charge in [0, 0.05) is 17.0 Å². The van der Waals surface area contributed by atoms with Crippen LogP contribution in [0.2, 0.25) is 10.0 Å². The van der Waals surface area contributed by atoms with Crippen LogP contribution >= 0.6 is 23.2 Å². The molecule has 7 nitrogen and oxygen atoms in total. The molecule has 1 aliphatic heterocycles. The number of piperidine rings is 1. The Kier molecular flexibility index (Phi) is 6.68. The first-order valence-corrected chi connectivity index (χ1v) is 11.6. The molecule has 0 spiro atoms. The number of benzene rings is 1. The Balaban J connectivity index is 0.00000117. The van der Waals surface area contributed by atoms with E-state index in [2.05, 4.69) is 15.4 Å². The number of hydrogen-bond acceptors (Lipinski definition) is 5. The van der Waals surface area contributed by atoms with Gasteiger partial charge in [-0.2, -0.15) is 5.10 Å². The average Bonchev–Trinajstić information content (AvgIpc) is 3.14. The Bertz CT molecular complexity index is 1180. The van der Waals surface area contributed by atoms with Crippen LogP contribution in [0.1, 0.15) is 38.3 Å². The minimum absolute atomic E-state index is 0.0127. The number of aromatic amines is 1. The van der Waals surface area contributed by atoms with Crippen LogP contribution in [0.5, 0.6) is 0 Å². The number of nitrogens with zero attached hydrogens (tertiary/aromatic N) is 2. The summed E-state index contributed by atoms with van der Waals surface area (Å²) in [6.45, 7) is 5.68. The largest absolute Gasteiger partial charge is 0.317 e. The number of nitrogens with one attached hydrogen (secondary N) is 2. The number of hydrogen-bond donors (Lipinski definition) is 2. The molecule has 1 fully saturated rings. The quantitative estimate of drug-likeness (QED) is 0.626. The number of halogens is 2. The lowest BCUT2D eigenvalue weighted by Crippen LogP contribution is -2.28. The summed E-state index contributed by atoms with van der Waals surface area (Å²) >= 11 is 12.0. The molecule has 3 heterocycles. The molecule has 1 saturated heterocycles. The van der Waals surface area contributed by atoms with Gasteiger partial charge in [0.15, 0.2) is 5.65 Å². The molecule has 1 aromatic carbocycles. The number of fused-ring (bicyclic) bond motifs is 1. The number of sulfone groups is 1. The van der Waals surface area contributed by atoms with Crippen molar-refractivity contribution in [1.82, 2.24) is 19.9 Å². The second-order valence-electron chi connectivity index (χ2n) is 6.43. The fourth-order valence-corrected chi connectivity index (χ4v) is 5.50. The monoisotopic (exact) mass is 456 g/mol. The second kappa shape index (κ2) is 8.87. The van der Waals surface area contributed by atoms with Crippen molar-refractivity contribution in [2.24, 2.45) is 0 Å². The summed E-state index contributed by atoms with van der Waals surface area (Å²) in [6, 6.07) is 5.65. The molecule has 0 atom stereocenters. The molecule has 0 bridgehead atoms. The minimum Gasteiger partial charge on any atom is -0.317 e. The Morgan fingerprint density at radius 2 is 1.79 bits per heavy atom. The third-order valence-corrected chi connectivity index (χ3v) is 7.20. The first-order valence-electron chi connectivity index (χ1n) is 9.40. The lowest BCUT2D eigenvalue weighted by Gasteiger charge is -2.23. The van der Waals surface area contributed by atoms with Gasteiger partial charge in [-0.25, -0.2) is 12.9 Å². The van der Waals surface area contributed by atoms with Gasteiger partial charge in [0.05, 0.1) is 21.8 Å². The summed E-state index contributed by atoms with van der Waals surface area (Å²) in [6.07, 6.45) is 2.95. The van der Waals surface area contributed by atoms with E-state index in [9.17, 15) is 13.2 Å². The van der Waals surface area contributed by atoms with E-state index in [4.69, 9.17) is 23.2 Å². The van der Waals surface area contributed by atoms with Gasteiger partial charge in [-0.3, -0.25) is 4.79 Å². The lowest BCUT2D eigenvalue weighted by molar-refractivity contribution is 0.446. The molecule has 29 heavy (non-hydrogen) atoms. The molecule has 10 heteroatoms. The zero-order valence-corrected chi connectivity index (χ0v) is 18.4. The lowest BCUT2D eigenvalue weighted by atomic mass is 9.94. The van der Waals surface area contributed by atoms with E-state index in [0.29, 0.717) is 10.7 Å².